The van der Waals surface area contributed by atoms with Crippen molar-refractivity contribution in [2.45, 2.75) is 20.5 Å². The molecule has 84 valence electrons. The summed E-state index contributed by atoms with van der Waals surface area (Å²) in [5.74, 6) is 0. The van der Waals surface area contributed by atoms with Crippen LogP contribution in [0, 0.1) is 13.8 Å². The van der Waals surface area contributed by atoms with E-state index in [0.717, 1.165) is 32.7 Å². The molecule has 0 N–H and O–H groups in total. The highest BCUT2D eigenvalue weighted by atomic mass is 35.5. The van der Waals surface area contributed by atoms with Gasteiger partial charge in [0, 0.05) is 12.5 Å². The van der Waals surface area contributed by atoms with Crippen molar-refractivity contribution in [3.05, 3.63) is 40.0 Å². The summed E-state index contributed by atoms with van der Waals surface area (Å²) < 4.78 is 5.08. The number of nitrogens with zero attached hydrogens (tertiary/aromatic N) is 1. The highest BCUT2D eigenvalue weighted by molar-refractivity contribution is 6.35. The first kappa shape index (κ1) is 11.4. The third kappa shape index (κ3) is 1.91. The average molecular weight is 236 g/mol. The quantitative estimate of drug-likeness (QED) is 0.793. The summed E-state index contributed by atoms with van der Waals surface area (Å²) in [7, 11) is 1.66. The maximum atomic E-state index is 6.28. The van der Waals surface area contributed by atoms with Crippen LogP contribution in [0.3, 0.4) is 0 Å². The Bertz CT molecular complexity index is 537. The van der Waals surface area contributed by atoms with Gasteiger partial charge in [0.25, 0.3) is 0 Å². The Kier molecular flexibility index (Phi) is 3.13. The van der Waals surface area contributed by atoms with Crippen LogP contribution in [0.15, 0.2) is 18.2 Å². The van der Waals surface area contributed by atoms with Crippen LogP contribution in [-0.2, 0) is 11.3 Å². The summed E-state index contributed by atoms with van der Waals surface area (Å²) >= 11 is 6.28. The van der Waals surface area contributed by atoms with E-state index in [1.54, 1.807) is 7.11 Å². The largest absolute Gasteiger partial charge is 0.378 e. The molecular weight excluding hydrogens is 222 g/mol. The lowest BCUT2D eigenvalue weighted by molar-refractivity contribution is 0.182. The smallest absolute Gasteiger partial charge is 0.0884 e. The Morgan fingerprint density at radius 3 is 2.62 bits per heavy atom. The van der Waals surface area contributed by atoms with E-state index in [1.165, 1.54) is 0 Å². The molecule has 2 rings (SSSR count). The van der Waals surface area contributed by atoms with Crippen molar-refractivity contribution in [2.75, 3.05) is 7.11 Å². The number of rotatable bonds is 2. The number of hydrogen-bond donors (Lipinski definition) is 0. The fraction of sp³-hybridized carbons (Fsp3) is 0.308. The van der Waals surface area contributed by atoms with Gasteiger partial charge in [-0.1, -0.05) is 23.7 Å². The second-order valence-electron chi connectivity index (χ2n) is 3.95. The molecule has 1 heterocycles. The van der Waals surface area contributed by atoms with Crippen LogP contribution in [-0.4, -0.2) is 12.1 Å². The van der Waals surface area contributed by atoms with E-state index in [2.05, 4.69) is 17.1 Å². The van der Waals surface area contributed by atoms with Crippen molar-refractivity contribution in [3.63, 3.8) is 0 Å². The van der Waals surface area contributed by atoms with Gasteiger partial charge >= 0.3 is 0 Å². The molecule has 2 nitrogen and oxygen atoms in total. The molecule has 0 aliphatic rings. The lowest BCUT2D eigenvalue weighted by Crippen LogP contribution is -1.96. The Labute approximate surface area is 100 Å². The van der Waals surface area contributed by atoms with Crippen LogP contribution in [0.2, 0.25) is 5.02 Å². The van der Waals surface area contributed by atoms with Gasteiger partial charge < -0.3 is 4.74 Å². The van der Waals surface area contributed by atoms with Gasteiger partial charge in [-0.05, 0) is 31.0 Å². The third-order valence-electron chi connectivity index (χ3n) is 2.67. The maximum Gasteiger partial charge on any atom is 0.0884 e. The molecule has 0 fully saturated rings. The van der Waals surface area contributed by atoms with E-state index in [9.17, 15) is 0 Å². The highest BCUT2D eigenvalue weighted by Gasteiger charge is 2.08. The van der Waals surface area contributed by atoms with Gasteiger partial charge in [0.05, 0.1) is 22.8 Å². The van der Waals surface area contributed by atoms with E-state index in [1.807, 2.05) is 19.9 Å². The fourth-order valence-corrected chi connectivity index (χ4v) is 2.22. The summed E-state index contributed by atoms with van der Waals surface area (Å²) in [6, 6.07) is 6.01. The number of ether oxygens (including phenoxy) is 1. The lowest BCUT2D eigenvalue weighted by Gasteiger charge is -2.09. The van der Waals surface area contributed by atoms with Crippen LogP contribution in [0.4, 0.5) is 0 Å². The summed E-state index contributed by atoms with van der Waals surface area (Å²) in [6.45, 7) is 4.58. The molecule has 16 heavy (non-hydrogen) atoms. The van der Waals surface area contributed by atoms with Gasteiger partial charge in [-0.15, -0.1) is 0 Å². The SMILES string of the molecule is COCc1cc(Cl)c2c(C)ccc(C)c2n1. The van der Waals surface area contributed by atoms with E-state index in [-0.39, 0.29) is 0 Å². The summed E-state index contributed by atoms with van der Waals surface area (Å²) in [5, 5.41) is 1.79. The van der Waals surface area contributed by atoms with Crippen molar-refractivity contribution in [1.29, 1.82) is 0 Å². The number of fused-ring (bicyclic) bond motifs is 1. The number of methoxy groups -OCH3 is 1. The molecule has 3 heteroatoms. The first-order valence-electron chi connectivity index (χ1n) is 5.17. The van der Waals surface area contributed by atoms with Gasteiger partial charge in [0.15, 0.2) is 0 Å². The second kappa shape index (κ2) is 4.40. The third-order valence-corrected chi connectivity index (χ3v) is 2.97. The van der Waals surface area contributed by atoms with Crippen molar-refractivity contribution in [2.24, 2.45) is 0 Å². The monoisotopic (exact) mass is 235 g/mol. The second-order valence-corrected chi connectivity index (χ2v) is 4.36. The zero-order chi connectivity index (χ0) is 11.7. The minimum absolute atomic E-state index is 0.489. The number of benzene rings is 1. The number of aromatic nitrogens is 1. The zero-order valence-electron chi connectivity index (χ0n) is 9.67. The Morgan fingerprint density at radius 1 is 1.25 bits per heavy atom. The van der Waals surface area contributed by atoms with E-state index in [4.69, 9.17) is 16.3 Å². The summed E-state index contributed by atoms with van der Waals surface area (Å²) in [5.41, 5.74) is 4.13. The molecule has 0 spiro atoms. The molecule has 1 aromatic heterocycles. The fourth-order valence-electron chi connectivity index (χ4n) is 1.86. The predicted octanol–water partition coefficient (Wildman–Crippen LogP) is 3.65. The normalized spacial score (nSPS) is 11.0. The highest BCUT2D eigenvalue weighted by Crippen LogP contribution is 2.28. The Hall–Kier alpha value is -1.12. The van der Waals surface area contributed by atoms with Gasteiger partial charge in [-0.25, -0.2) is 4.98 Å². The van der Waals surface area contributed by atoms with Crippen LogP contribution < -0.4 is 0 Å². The molecule has 0 radical (unpaired) electrons. The van der Waals surface area contributed by atoms with E-state index < -0.39 is 0 Å². The summed E-state index contributed by atoms with van der Waals surface area (Å²) in [6.07, 6.45) is 0. The maximum absolute atomic E-state index is 6.28. The number of aryl methyl sites for hydroxylation is 2. The van der Waals surface area contributed by atoms with Crippen LogP contribution in [0.5, 0.6) is 0 Å². The molecule has 0 saturated carbocycles. The van der Waals surface area contributed by atoms with Crippen LogP contribution in [0.25, 0.3) is 10.9 Å². The molecule has 0 bridgehead atoms. The Balaban J connectivity index is 2.76. The number of halogens is 1. The van der Waals surface area contributed by atoms with E-state index >= 15 is 0 Å². The first-order chi connectivity index (χ1) is 7.63. The molecule has 0 aliphatic heterocycles. The molecule has 0 aliphatic carbocycles. The molecule has 0 amide bonds. The minimum Gasteiger partial charge on any atom is -0.378 e. The number of pyridine rings is 1. The topological polar surface area (TPSA) is 22.1 Å². The number of hydrogen-bond acceptors (Lipinski definition) is 2. The molecule has 0 unspecified atom stereocenters. The lowest BCUT2D eigenvalue weighted by atomic mass is 10.1. The Morgan fingerprint density at radius 2 is 1.94 bits per heavy atom. The van der Waals surface area contributed by atoms with E-state index in [0.29, 0.717) is 6.61 Å². The summed E-state index contributed by atoms with van der Waals surface area (Å²) in [4.78, 5) is 4.58. The van der Waals surface area contributed by atoms with Gasteiger partial charge in [0.2, 0.25) is 0 Å². The molecule has 1 aromatic carbocycles. The molecular formula is C13H14ClNO. The van der Waals surface area contributed by atoms with Crippen LogP contribution >= 0.6 is 11.6 Å². The van der Waals surface area contributed by atoms with Crippen LogP contribution in [0.1, 0.15) is 16.8 Å². The van der Waals surface area contributed by atoms with Crippen molar-refractivity contribution in [3.8, 4) is 0 Å². The average Bonchev–Trinajstić information content (AvgIpc) is 2.23. The van der Waals surface area contributed by atoms with Crippen molar-refractivity contribution >= 4 is 22.5 Å². The first-order valence-corrected chi connectivity index (χ1v) is 5.55. The van der Waals surface area contributed by atoms with Gasteiger partial charge in [-0.2, -0.15) is 0 Å². The standard InChI is InChI=1S/C13H14ClNO/c1-8-4-5-9(2)13-12(8)11(14)6-10(15-13)7-16-3/h4-6H,7H2,1-3H3. The van der Waals surface area contributed by atoms with Crippen molar-refractivity contribution < 1.29 is 4.74 Å². The molecule has 0 atom stereocenters. The minimum atomic E-state index is 0.489. The van der Waals surface area contributed by atoms with Crippen molar-refractivity contribution in [1.82, 2.24) is 4.98 Å². The van der Waals surface area contributed by atoms with Gasteiger partial charge in [0.1, 0.15) is 0 Å². The predicted molar refractivity (Wildman–Crippen MR) is 66.9 cm³/mol. The molecule has 0 saturated heterocycles. The zero-order valence-corrected chi connectivity index (χ0v) is 10.4. The molecule has 2 aromatic rings. The van der Waals surface area contributed by atoms with Gasteiger partial charge in [-0.3, -0.25) is 0 Å².